The zero-order chi connectivity index (χ0) is 20.6. The van der Waals surface area contributed by atoms with Gasteiger partial charge in [-0.15, -0.1) is 0 Å². The van der Waals surface area contributed by atoms with E-state index in [1.807, 2.05) is 12.1 Å². The normalized spacial score (nSPS) is 10.1. The Balaban J connectivity index is 1.67. The van der Waals surface area contributed by atoms with Gasteiger partial charge >= 0.3 is 0 Å². The maximum absolute atomic E-state index is 12.5. The highest BCUT2D eigenvalue weighted by Crippen LogP contribution is 2.17. The van der Waals surface area contributed by atoms with Crippen molar-refractivity contribution in [3.05, 3.63) is 89.7 Å². The molecule has 0 unspecified atom stereocenters. The summed E-state index contributed by atoms with van der Waals surface area (Å²) >= 11 is 0. The lowest BCUT2D eigenvalue weighted by Gasteiger charge is -2.12. The topological polar surface area (TPSA) is 100 Å². The smallest absolute Gasteiger partial charge is 0.257 e. The maximum atomic E-state index is 12.5. The Labute approximate surface area is 168 Å². The molecule has 0 spiro atoms. The van der Waals surface area contributed by atoms with Gasteiger partial charge in [0.25, 0.3) is 11.8 Å². The quantitative estimate of drug-likeness (QED) is 0.604. The average Bonchev–Trinajstić information content (AvgIpc) is 2.73. The monoisotopic (exact) mass is 388 g/mol. The number of carbonyl (C=O) groups excluding carboxylic acids is 3. The number of carbonyl (C=O) groups is 3. The fourth-order valence-electron chi connectivity index (χ4n) is 2.71. The van der Waals surface area contributed by atoms with Gasteiger partial charge in [-0.3, -0.25) is 19.4 Å². The molecule has 0 atom stereocenters. The first-order valence-electron chi connectivity index (χ1n) is 8.98. The number of anilines is 2. The summed E-state index contributed by atoms with van der Waals surface area (Å²) in [5.74, 6) is -0.772. The number of nitrogens with zero attached hydrogens (tertiary/aromatic N) is 1. The van der Waals surface area contributed by atoms with Gasteiger partial charge in [-0.2, -0.15) is 0 Å². The van der Waals surface area contributed by atoms with Crippen LogP contribution in [0.4, 0.5) is 11.4 Å². The van der Waals surface area contributed by atoms with Gasteiger partial charge in [0.05, 0.1) is 5.56 Å². The van der Waals surface area contributed by atoms with Crippen molar-refractivity contribution in [2.24, 2.45) is 0 Å². The third-order valence-electron chi connectivity index (χ3n) is 4.07. The van der Waals surface area contributed by atoms with Crippen molar-refractivity contribution in [2.45, 2.75) is 13.5 Å². The van der Waals surface area contributed by atoms with Crippen molar-refractivity contribution < 1.29 is 14.4 Å². The van der Waals surface area contributed by atoms with E-state index >= 15 is 0 Å². The Hall–Kier alpha value is -4.00. The first kappa shape index (κ1) is 19.8. The molecule has 0 radical (unpaired) electrons. The number of aromatic nitrogens is 1. The van der Waals surface area contributed by atoms with Gasteiger partial charge in [0.15, 0.2) is 0 Å². The molecule has 29 heavy (non-hydrogen) atoms. The molecular weight excluding hydrogens is 368 g/mol. The van der Waals surface area contributed by atoms with Gasteiger partial charge in [-0.05, 0) is 42.0 Å². The zero-order valence-electron chi connectivity index (χ0n) is 15.8. The Morgan fingerprint density at radius 2 is 1.66 bits per heavy atom. The molecule has 0 aliphatic heterocycles. The van der Waals surface area contributed by atoms with Crippen LogP contribution in [-0.2, 0) is 11.3 Å². The summed E-state index contributed by atoms with van der Waals surface area (Å²) in [5, 5.41) is 8.33. The number of rotatable bonds is 6. The minimum atomic E-state index is -0.286. The van der Waals surface area contributed by atoms with Crippen LogP contribution in [0.1, 0.15) is 33.2 Å². The van der Waals surface area contributed by atoms with Crippen molar-refractivity contribution >= 4 is 29.1 Å². The van der Waals surface area contributed by atoms with Crippen molar-refractivity contribution in [3.63, 3.8) is 0 Å². The minimum absolute atomic E-state index is 0.208. The van der Waals surface area contributed by atoms with Crippen LogP contribution in [0.15, 0.2) is 73.1 Å². The number of nitrogens with one attached hydrogen (secondary N) is 3. The first-order chi connectivity index (χ1) is 14.0. The molecule has 0 aliphatic carbocycles. The number of hydrogen-bond acceptors (Lipinski definition) is 4. The highest BCUT2D eigenvalue weighted by Gasteiger charge is 2.11. The molecular formula is C22H20N4O3. The lowest BCUT2D eigenvalue weighted by Crippen LogP contribution is -2.24. The van der Waals surface area contributed by atoms with Crippen LogP contribution in [-0.4, -0.2) is 22.7 Å². The average molecular weight is 388 g/mol. The molecule has 0 saturated carbocycles. The molecule has 3 amide bonds. The van der Waals surface area contributed by atoms with Gasteiger partial charge in [0.1, 0.15) is 0 Å². The highest BCUT2D eigenvalue weighted by molar-refractivity contribution is 6.04. The van der Waals surface area contributed by atoms with E-state index < -0.39 is 0 Å². The lowest BCUT2D eigenvalue weighted by molar-refractivity contribution is -0.114. The van der Waals surface area contributed by atoms with Crippen molar-refractivity contribution in [2.75, 3.05) is 10.6 Å². The predicted molar refractivity (Wildman–Crippen MR) is 111 cm³/mol. The summed E-state index contributed by atoms with van der Waals surface area (Å²) in [7, 11) is 0. The van der Waals surface area contributed by atoms with E-state index in [1.54, 1.807) is 54.7 Å². The first-order valence-corrected chi connectivity index (χ1v) is 8.98. The second-order valence-corrected chi connectivity index (χ2v) is 6.30. The third kappa shape index (κ3) is 5.49. The number of benzene rings is 2. The van der Waals surface area contributed by atoms with E-state index in [0.717, 1.165) is 5.56 Å². The summed E-state index contributed by atoms with van der Waals surface area (Å²) in [6, 6.07) is 17.3. The van der Waals surface area contributed by atoms with Crippen LogP contribution in [0.3, 0.4) is 0 Å². The maximum Gasteiger partial charge on any atom is 0.257 e. The lowest BCUT2D eigenvalue weighted by atomic mass is 10.1. The van der Waals surface area contributed by atoms with Crippen LogP contribution >= 0.6 is 0 Å². The largest absolute Gasteiger partial charge is 0.348 e. The molecule has 0 saturated heterocycles. The predicted octanol–water partition coefficient (Wildman–Crippen LogP) is 3.22. The second-order valence-electron chi connectivity index (χ2n) is 6.30. The number of amides is 3. The van der Waals surface area contributed by atoms with Crippen LogP contribution in [0, 0.1) is 0 Å². The van der Waals surface area contributed by atoms with Gasteiger partial charge in [-0.1, -0.05) is 24.3 Å². The van der Waals surface area contributed by atoms with Gasteiger partial charge in [0, 0.05) is 42.8 Å². The molecule has 1 aromatic heterocycles. The molecule has 3 rings (SSSR count). The summed E-state index contributed by atoms with van der Waals surface area (Å²) in [5.41, 5.74) is 2.79. The Morgan fingerprint density at radius 1 is 0.862 bits per heavy atom. The van der Waals surface area contributed by atoms with Crippen molar-refractivity contribution in [3.8, 4) is 0 Å². The fourth-order valence-corrected chi connectivity index (χ4v) is 2.71. The van der Waals surface area contributed by atoms with Gasteiger partial charge < -0.3 is 16.0 Å². The molecule has 0 aliphatic rings. The van der Waals surface area contributed by atoms with Gasteiger partial charge in [-0.25, -0.2) is 0 Å². The molecule has 0 bridgehead atoms. The zero-order valence-corrected chi connectivity index (χ0v) is 15.8. The van der Waals surface area contributed by atoms with Crippen molar-refractivity contribution in [1.29, 1.82) is 0 Å². The Morgan fingerprint density at radius 3 is 2.41 bits per heavy atom. The number of hydrogen-bond donors (Lipinski definition) is 3. The van der Waals surface area contributed by atoms with Crippen LogP contribution in [0.2, 0.25) is 0 Å². The molecule has 7 heteroatoms. The van der Waals surface area contributed by atoms with Crippen LogP contribution in [0.25, 0.3) is 0 Å². The van der Waals surface area contributed by atoms with E-state index in [-0.39, 0.29) is 24.3 Å². The highest BCUT2D eigenvalue weighted by atomic mass is 16.2. The number of para-hydroxylation sites is 1. The van der Waals surface area contributed by atoms with E-state index in [2.05, 4.69) is 20.9 Å². The Bertz CT molecular complexity index is 1030. The van der Waals surface area contributed by atoms with Crippen molar-refractivity contribution in [1.82, 2.24) is 10.3 Å². The molecule has 3 N–H and O–H groups in total. The Kier molecular flexibility index (Phi) is 6.32. The second kappa shape index (κ2) is 9.27. The molecule has 7 nitrogen and oxygen atoms in total. The summed E-state index contributed by atoms with van der Waals surface area (Å²) in [4.78, 5) is 40.0. The summed E-state index contributed by atoms with van der Waals surface area (Å²) < 4.78 is 0. The summed E-state index contributed by atoms with van der Waals surface area (Å²) in [6.07, 6.45) is 3.09. The van der Waals surface area contributed by atoms with E-state index in [9.17, 15) is 14.4 Å². The standard InChI is InChI=1S/C22H20N4O3/c1-15(27)25-19-9-4-7-16(12-19)21(28)24-14-17-6-2-3-10-20(17)26-22(29)18-8-5-11-23-13-18/h2-13H,14H2,1H3,(H,24,28)(H,25,27)(H,26,29). The molecule has 2 aromatic carbocycles. The fraction of sp³-hybridized carbons (Fsp3) is 0.0909. The molecule has 146 valence electrons. The van der Waals surface area contributed by atoms with E-state index in [1.165, 1.54) is 13.1 Å². The van der Waals surface area contributed by atoms with Crippen LogP contribution < -0.4 is 16.0 Å². The van der Waals surface area contributed by atoms with E-state index in [0.29, 0.717) is 22.5 Å². The van der Waals surface area contributed by atoms with E-state index in [4.69, 9.17) is 0 Å². The number of pyridine rings is 1. The molecule has 3 aromatic rings. The third-order valence-corrected chi connectivity index (χ3v) is 4.07. The van der Waals surface area contributed by atoms with Crippen LogP contribution in [0.5, 0.6) is 0 Å². The minimum Gasteiger partial charge on any atom is -0.348 e. The molecule has 0 fully saturated rings. The van der Waals surface area contributed by atoms with Gasteiger partial charge in [0.2, 0.25) is 5.91 Å². The SMILES string of the molecule is CC(=O)Nc1cccc(C(=O)NCc2ccccc2NC(=O)c2cccnc2)c1. The summed E-state index contributed by atoms with van der Waals surface area (Å²) in [6.45, 7) is 1.64. The molecule has 1 heterocycles.